The van der Waals surface area contributed by atoms with E-state index in [0.29, 0.717) is 0 Å². The molecule has 1 aromatic carbocycles. The molecular weight excluding hydrogens is 232 g/mol. The van der Waals surface area contributed by atoms with E-state index in [9.17, 15) is 0 Å². The Bertz CT molecular complexity index is 343. The van der Waals surface area contributed by atoms with Gasteiger partial charge in [-0.2, -0.15) is 0 Å². The summed E-state index contributed by atoms with van der Waals surface area (Å²) in [6.45, 7) is 6.38. The van der Waals surface area contributed by atoms with Crippen molar-refractivity contribution in [1.29, 1.82) is 0 Å². The maximum atomic E-state index is 5.69. The minimum absolute atomic E-state index is 0.820. The lowest BCUT2D eigenvalue weighted by Gasteiger charge is -2.21. The zero-order valence-corrected chi connectivity index (χ0v) is 12.9. The minimum atomic E-state index is 0.820. The lowest BCUT2D eigenvalue weighted by atomic mass is 9.94. The molecule has 19 heavy (non-hydrogen) atoms. The third-order valence-electron chi connectivity index (χ3n) is 3.82. The number of aryl methyl sites for hydroxylation is 1. The van der Waals surface area contributed by atoms with Gasteiger partial charge in [-0.1, -0.05) is 31.9 Å². The molecule has 0 aliphatic heterocycles. The van der Waals surface area contributed by atoms with E-state index < -0.39 is 0 Å². The summed E-state index contributed by atoms with van der Waals surface area (Å²) in [5, 5.41) is 0. The van der Waals surface area contributed by atoms with Crippen LogP contribution in [0.3, 0.4) is 0 Å². The smallest absolute Gasteiger partial charge is 0.0366 e. The molecule has 0 aliphatic rings. The summed E-state index contributed by atoms with van der Waals surface area (Å²) < 4.78 is 0. The van der Waals surface area contributed by atoms with E-state index >= 15 is 0 Å². The Kier molecular flexibility index (Phi) is 7.57. The zero-order valence-electron chi connectivity index (χ0n) is 12.9. The van der Waals surface area contributed by atoms with E-state index in [2.05, 4.69) is 50.1 Å². The van der Waals surface area contributed by atoms with Crippen molar-refractivity contribution in [3.8, 4) is 0 Å². The van der Waals surface area contributed by atoms with Crippen LogP contribution >= 0.6 is 0 Å². The van der Waals surface area contributed by atoms with E-state index in [0.717, 1.165) is 19.0 Å². The Morgan fingerprint density at radius 2 is 2.00 bits per heavy atom. The van der Waals surface area contributed by atoms with Crippen LogP contribution in [0.25, 0.3) is 0 Å². The zero-order chi connectivity index (χ0) is 14.1. The monoisotopic (exact) mass is 262 g/mol. The third kappa shape index (κ3) is 6.11. The van der Waals surface area contributed by atoms with Crippen LogP contribution in [0.1, 0.15) is 44.6 Å². The van der Waals surface area contributed by atoms with Gasteiger partial charge in [0.2, 0.25) is 0 Å². The van der Waals surface area contributed by atoms with Crippen LogP contribution in [-0.2, 0) is 0 Å². The van der Waals surface area contributed by atoms with Gasteiger partial charge in [-0.25, -0.2) is 0 Å². The molecule has 1 aromatic rings. The van der Waals surface area contributed by atoms with Gasteiger partial charge in [0.25, 0.3) is 0 Å². The molecule has 2 heteroatoms. The summed E-state index contributed by atoms with van der Waals surface area (Å²) in [7, 11) is 2.19. The lowest BCUT2D eigenvalue weighted by molar-refractivity contribution is 0.410. The average Bonchev–Trinajstić information content (AvgIpc) is 2.39. The molecule has 2 N–H and O–H groups in total. The predicted molar refractivity (Wildman–Crippen MR) is 85.8 cm³/mol. The summed E-state index contributed by atoms with van der Waals surface area (Å²) in [4.78, 5) is 2.36. The van der Waals surface area contributed by atoms with Crippen LogP contribution in [0.15, 0.2) is 24.3 Å². The van der Waals surface area contributed by atoms with Crippen LogP contribution in [0.4, 0.5) is 5.69 Å². The number of nitrogens with two attached hydrogens (primary N) is 1. The summed E-state index contributed by atoms with van der Waals surface area (Å²) in [6.07, 6.45) is 6.35. The molecule has 0 saturated heterocycles. The largest absolute Gasteiger partial charge is 0.375 e. The molecule has 0 spiro atoms. The van der Waals surface area contributed by atoms with Gasteiger partial charge in [0, 0.05) is 19.3 Å². The molecule has 1 unspecified atom stereocenters. The standard InChI is InChI=1S/C17H30N2/c1-4-7-16(11-12-18)9-6-13-19(3)17-10-5-8-15(2)14-17/h5,8,10,14,16H,4,6-7,9,11-13,18H2,1-3H3. The highest BCUT2D eigenvalue weighted by Crippen LogP contribution is 2.19. The van der Waals surface area contributed by atoms with Gasteiger partial charge in [-0.05, 0) is 56.3 Å². The van der Waals surface area contributed by atoms with Crippen molar-refractivity contribution in [3.05, 3.63) is 29.8 Å². The highest BCUT2D eigenvalue weighted by molar-refractivity contribution is 5.47. The van der Waals surface area contributed by atoms with Crippen molar-refractivity contribution >= 4 is 5.69 Å². The molecule has 0 amide bonds. The number of hydrogen-bond donors (Lipinski definition) is 1. The van der Waals surface area contributed by atoms with Gasteiger partial charge in [0.1, 0.15) is 0 Å². The molecule has 0 saturated carbocycles. The van der Waals surface area contributed by atoms with Gasteiger partial charge >= 0.3 is 0 Å². The van der Waals surface area contributed by atoms with Crippen molar-refractivity contribution in [3.63, 3.8) is 0 Å². The first-order valence-electron chi connectivity index (χ1n) is 7.65. The highest BCUT2D eigenvalue weighted by atomic mass is 15.1. The first kappa shape index (κ1) is 16.0. The summed E-state index contributed by atoms with van der Waals surface area (Å²) in [6, 6.07) is 8.73. The Morgan fingerprint density at radius 3 is 2.63 bits per heavy atom. The molecule has 1 atom stereocenters. The fraction of sp³-hybridized carbons (Fsp3) is 0.647. The van der Waals surface area contributed by atoms with Gasteiger partial charge in [-0.15, -0.1) is 0 Å². The number of anilines is 1. The molecule has 0 aromatic heterocycles. The molecule has 0 aliphatic carbocycles. The normalized spacial score (nSPS) is 12.4. The molecule has 0 fully saturated rings. The molecule has 2 nitrogen and oxygen atoms in total. The lowest BCUT2D eigenvalue weighted by Crippen LogP contribution is -2.19. The fourth-order valence-corrected chi connectivity index (χ4v) is 2.69. The Morgan fingerprint density at radius 1 is 1.21 bits per heavy atom. The van der Waals surface area contributed by atoms with E-state index in [1.54, 1.807) is 0 Å². The second kappa shape index (κ2) is 8.98. The summed E-state index contributed by atoms with van der Waals surface area (Å²) in [5.74, 6) is 0.820. The number of nitrogens with zero attached hydrogens (tertiary/aromatic N) is 1. The quantitative estimate of drug-likeness (QED) is 0.729. The van der Waals surface area contributed by atoms with Crippen LogP contribution in [0, 0.1) is 12.8 Å². The molecule has 1 rings (SSSR count). The van der Waals surface area contributed by atoms with Gasteiger partial charge < -0.3 is 10.6 Å². The molecule has 0 bridgehead atoms. The van der Waals surface area contributed by atoms with Gasteiger partial charge in [0.05, 0.1) is 0 Å². The van der Waals surface area contributed by atoms with E-state index in [4.69, 9.17) is 5.73 Å². The second-order valence-corrected chi connectivity index (χ2v) is 5.63. The number of benzene rings is 1. The van der Waals surface area contributed by atoms with Gasteiger partial charge in [0.15, 0.2) is 0 Å². The Labute approximate surface area is 119 Å². The third-order valence-corrected chi connectivity index (χ3v) is 3.82. The molecule has 0 heterocycles. The van der Waals surface area contributed by atoms with E-state index in [1.165, 1.54) is 43.4 Å². The average molecular weight is 262 g/mol. The topological polar surface area (TPSA) is 29.3 Å². The maximum absolute atomic E-state index is 5.69. The van der Waals surface area contributed by atoms with Crippen molar-refractivity contribution in [2.45, 2.75) is 46.0 Å². The van der Waals surface area contributed by atoms with Gasteiger partial charge in [-0.3, -0.25) is 0 Å². The van der Waals surface area contributed by atoms with Crippen LogP contribution in [0.2, 0.25) is 0 Å². The maximum Gasteiger partial charge on any atom is 0.0366 e. The SMILES string of the molecule is CCCC(CCN)CCCN(C)c1cccc(C)c1. The number of rotatable bonds is 9. The van der Waals surface area contributed by atoms with Crippen molar-refractivity contribution in [1.82, 2.24) is 0 Å². The van der Waals surface area contributed by atoms with Crippen molar-refractivity contribution < 1.29 is 0 Å². The summed E-state index contributed by atoms with van der Waals surface area (Å²) >= 11 is 0. The second-order valence-electron chi connectivity index (χ2n) is 5.63. The minimum Gasteiger partial charge on any atom is -0.375 e. The summed E-state index contributed by atoms with van der Waals surface area (Å²) in [5.41, 5.74) is 8.34. The highest BCUT2D eigenvalue weighted by Gasteiger charge is 2.07. The first-order valence-corrected chi connectivity index (χ1v) is 7.65. The number of hydrogen-bond acceptors (Lipinski definition) is 2. The Hall–Kier alpha value is -1.02. The molecule has 108 valence electrons. The molecular formula is C17H30N2. The van der Waals surface area contributed by atoms with E-state index in [1.807, 2.05) is 0 Å². The fourth-order valence-electron chi connectivity index (χ4n) is 2.69. The van der Waals surface area contributed by atoms with Crippen LogP contribution in [-0.4, -0.2) is 20.1 Å². The van der Waals surface area contributed by atoms with Crippen LogP contribution < -0.4 is 10.6 Å². The predicted octanol–water partition coefficient (Wildman–Crippen LogP) is 3.98. The first-order chi connectivity index (χ1) is 9.17. The Balaban J connectivity index is 2.35. The van der Waals surface area contributed by atoms with E-state index in [-0.39, 0.29) is 0 Å². The van der Waals surface area contributed by atoms with Crippen molar-refractivity contribution in [2.75, 3.05) is 25.0 Å². The van der Waals surface area contributed by atoms with Crippen molar-refractivity contribution in [2.24, 2.45) is 11.7 Å². The molecule has 0 radical (unpaired) electrons. The van der Waals surface area contributed by atoms with Crippen LogP contribution in [0.5, 0.6) is 0 Å².